The fourth-order valence-electron chi connectivity index (χ4n) is 1.01. The minimum atomic E-state index is -0.272. The van der Waals surface area contributed by atoms with Gasteiger partial charge in [0.2, 0.25) is 5.91 Å². The third kappa shape index (κ3) is 3.01. The molecule has 5 nitrogen and oxygen atoms in total. The molecule has 0 bridgehead atoms. The Morgan fingerprint density at radius 3 is 2.93 bits per heavy atom. The van der Waals surface area contributed by atoms with Crippen molar-refractivity contribution in [3.8, 4) is 0 Å². The number of hydrogen-bond acceptors (Lipinski definition) is 3. The second-order valence-electron chi connectivity index (χ2n) is 3.24. The summed E-state index contributed by atoms with van der Waals surface area (Å²) in [6.07, 6.45) is 1.48. The van der Waals surface area contributed by atoms with Crippen LogP contribution in [0.1, 0.15) is 13.8 Å². The Labute approximate surface area is 81.7 Å². The number of hydrogen-bond donors (Lipinski definition) is 1. The first-order chi connectivity index (χ1) is 6.59. The van der Waals surface area contributed by atoms with Gasteiger partial charge in [0.1, 0.15) is 6.54 Å². The van der Waals surface area contributed by atoms with E-state index < -0.39 is 0 Å². The normalized spacial score (nSPS) is 10.2. The molecule has 0 radical (unpaired) electrons. The molecule has 14 heavy (non-hydrogen) atoms. The molecule has 0 saturated heterocycles. The topological polar surface area (TPSA) is 64.0 Å². The second kappa shape index (κ2) is 4.55. The molecule has 0 fully saturated rings. The van der Waals surface area contributed by atoms with Crippen molar-refractivity contribution in [3.05, 3.63) is 28.7 Å². The van der Waals surface area contributed by atoms with Crippen LogP contribution in [0.3, 0.4) is 0 Å². The van der Waals surface area contributed by atoms with Crippen molar-refractivity contribution in [2.45, 2.75) is 26.4 Å². The van der Waals surface area contributed by atoms with Crippen LogP contribution >= 0.6 is 0 Å². The molecule has 0 aromatic carbocycles. The van der Waals surface area contributed by atoms with Gasteiger partial charge in [0.05, 0.1) is 0 Å². The first kappa shape index (κ1) is 10.4. The van der Waals surface area contributed by atoms with E-state index in [0.717, 1.165) is 4.68 Å². The lowest BCUT2D eigenvalue weighted by molar-refractivity contribution is -0.122. The van der Waals surface area contributed by atoms with Crippen molar-refractivity contribution >= 4 is 5.91 Å². The Balaban J connectivity index is 2.65. The molecule has 1 N–H and O–H groups in total. The molecule has 0 atom stereocenters. The summed E-state index contributed by atoms with van der Waals surface area (Å²) in [5, 5.41) is 6.45. The van der Waals surface area contributed by atoms with E-state index >= 15 is 0 Å². The molecule has 0 spiro atoms. The van der Waals surface area contributed by atoms with Gasteiger partial charge in [-0.15, -0.1) is 0 Å². The molecule has 76 valence electrons. The molecule has 0 aliphatic rings. The monoisotopic (exact) mass is 195 g/mol. The molecule has 1 heterocycles. The van der Waals surface area contributed by atoms with E-state index in [1.54, 1.807) is 6.07 Å². The van der Waals surface area contributed by atoms with Crippen molar-refractivity contribution in [1.82, 2.24) is 15.1 Å². The second-order valence-corrected chi connectivity index (χ2v) is 3.24. The summed E-state index contributed by atoms with van der Waals surface area (Å²) in [5.41, 5.74) is -0.272. The Bertz CT molecular complexity index is 370. The van der Waals surface area contributed by atoms with Crippen LogP contribution in [0.4, 0.5) is 0 Å². The number of carbonyl (C=O) groups excluding carboxylic acids is 1. The van der Waals surface area contributed by atoms with Crippen molar-refractivity contribution in [1.29, 1.82) is 0 Å². The van der Waals surface area contributed by atoms with Crippen LogP contribution in [0, 0.1) is 0 Å². The Kier molecular flexibility index (Phi) is 3.39. The van der Waals surface area contributed by atoms with Crippen molar-refractivity contribution in [2.75, 3.05) is 0 Å². The highest BCUT2D eigenvalue weighted by Gasteiger charge is 2.05. The number of carbonyl (C=O) groups is 1. The first-order valence-electron chi connectivity index (χ1n) is 4.41. The average Bonchev–Trinajstić information content (AvgIpc) is 2.07. The van der Waals surface area contributed by atoms with Gasteiger partial charge in [-0.25, -0.2) is 4.68 Å². The van der Waals surface area contributed by atoms with Gasteiger partial charge in [-0.3, -0.25) is 9.59 Å². The maximum absolute atomic E-state index is 11.3. The number of rotatable bonds is 3. The minimum Gasteiger partial charge on any atom is -0.352 e. The molecule has 0 unspecified atom stereocenters. The lowest BCUT2D eigenvalue weighted by Gasteiger charge is -2.08. The highest BCUT2D eigenvalue weighted by atomic mass is 16.2. The van der Waals surface area contributed by atoms with Gasteiger partial charge >= 0.3 is 0 Å². The van der Waals surface area contributed by atoms with Gasteiger partial charge in [-0.2, -0.15) is 5.10 Å². The predicted molar refractivity (Wildman–Crippen MR) is 51.8 cm³/mol. The van der Waals surface area contributed by atoms with Crippen molar-refractivity contribution in [3.63, 3.8) is 0 Å². The van der Waals surface area contributed by atoms with E-state index in [1.165, 1.54) is 12.3 Å². The molecule has 0 aliphatic heterocycles. The number of amides is 1. The zero-order chi connectivity index (χ0) is 10.6. The molecule has 1 amide bonds. The average molecular weight is 195 g/mol. The Morgan fingerprint density at radius 2 is 2.36 bits per heavy atom. The van der Waals surface area contributed by atoms with Gasteiger partial charge in [-0.05, 0) is 19.9 Å². The molecule has 1 rings (SSSR count). The molecular weight excluding hydrogens is 182 g/mol. The smallest absolute Gasteiger partial charge is 0.267 e. The first-order valence-corrected chi connectivity index (χ1v) is 4.41. The van der Waals surface area contributed by atoms with Crippen LogP contribution in [0.15, 0.2) is 23.1 Å². The summed E-state index contributed by atoms with van der Waals surface area (Å²) in [6.45, 7) is 3.69. The highest BCUT2D eigenvalue weighted by molar-refractivity contribution is 5.75. The fraction of sp³-hybridized carbons (Fsp3) is 0.444. The molecule has 1 aromatic rings. The van der Waals surface area contributed by atoms with Gasteiger partial charge in [0.25, 0.3) is 5.56 Å². The van der Waals surface area contributed by atoms with E-state index in [9.17, 15) is 9.59 Å². The number of nitrogens with zero attached hydrogens (tertiary/aromatic N) is 2. The van der Waals surface area contributed by atoms with Crippen molar-refractivity contribution in [2.24, 2.45) is 0 Å². The largest absolute Gasteiger partial charge is 0.352 e. The van der Waals surface area contributed by atoms with Crippen LogP contribution < -0.4 is 10.9 Å². The van der Waals surface area contributed by atoms with Crippen molar-refractivity contribution < 1.29 is 4.79 Å². The highest BCUT2D eigenvalue weighted by Crippen LogP contribution is 1.80. The standard InChI is InChI=1S/C9H13N3O2/c1-7(2)11-8(13)6-12-9(14)4-3-5-10-12/h3-5,7H,6H2,1-2H3,(H,11,13). The lowest BCUT2D eigenvalue weighted by Crippen LogP contribution is -2.36. The quantitative estimate of drug-likeness (QED) is 0.724. The summed E-state index contributed by atoms with van der Waals surface area (Å²) in [7, 11) is 0. The maximum Gasteiger partial charge on any atom is 0.267 e. The SMILES string of the molecule is CC(C)NC(=O)Cn1ncccc1=O. The van der Waals surface area contributed by atoms with Gasteiger partial charge < -0.3 is 5.32 Å². The van der Waals surface area contributed by atoms with E-state index in [2.05, 4.69) is 10.4 Å². The van der Waals surface area contributed by atoms with E-state index in [0.29, 0.717) is 0 Å². The van der Waals surface area contributed by atoms with Crippen LogP contribution in [-0.2, 0) is 11.3 Å². The van der Waals surface area contributed by atoms with E-state index in [1.807, 2.05) is 13.8 Å². The number of aromatic nitrogens is 2. The fourth-order valence-corrected chi connectivity index (χ4v) is 1.01. The Hall–Kier alpha value is -1.65. The van der Waals surface area contributed by atoms with Gasteiger partial charge in [-0.1, -0.05) is 0 Å². The number of nitrogens with one attached hydrogen (secondary N) is 1. The minimum absolute atomic E-state index is 0.0299. The van der Waals surface area contributed by atoms with Crippen LogP contribution in [0.5, 0.6) is 0 Å². The van der Waals surface area contributed by atoms with Crippen LogP contribution in [0.25, 0.3) is 0 Å². The third-order valence-electron chi connectivity index (χ3n) is 1.53. The lowest BCUT2D eigenvalue weighted by atomic mass is 10.4. The molecule has 0 saturated carbocycles. The summed E-state index contributed by atoms with van der Waals surface area (Å²) < 4.78 is 1.12. The molecular formula is C9H13N3O2. The zero-order valence-electron chi connectivity index (χ0n) is 8.23. The van der Waals surface area contributed by atoms with Crippen LogP contribution in [-0.4, -0.2) is 21.7 Å². The van der Waals surface area contributed by atoms with E-state index in [-0.39, 0.29) is 24.1 Å². The summed E-state index contributed by atoms with van der Waals surface area (Å²) in [6, 6.07) is 2.98. The zero-order valence-corrected chi connectivity index (χ0v) is 8.23. The summed E-state index contributed by atoms with van der Waals surface area (Å²) >= 11 is 0. The maximum atomic E-state index is 11.3. The van der Waals surface area contributed by atoms with E-state index in [4.69, 9.17) is 0 Å². The molecule has 1 aromatic heterocycles. The van der Waals surface area contributed by atoms with Gasteiger partial charge in [0, 0.05) is 18.3 Å². The predicted octanol–water partition coefficient (Wildman–Crippen LogP) is -0.232. The Morgan fingerprint density at radius 1 is 1.64 bits per heavy atom. The molecule has 5 heteroatoms. The van der Waals surface area contributed by atoms with Gasteiger partial charge in [0.15, 0.2) is 0 Å². The summed E-state index contributed by atoms with van der Waals surface area (Å²) in [4.78, 5) is 22.4. The van der Waals surface area contributed by atoms with Crippen LogP contribution in [0.2, 0.25) is 0 Å². The summed E-state index contributed by atoms with van der Waals surface area (Å²) in [5.74, 6) is -0.208. The molecule has 0 aliphatic carbocycles. The third-order valence-corrected chi connectivity index (χ3v) is 1.53.